The number of hydrogen-bond acceptors (Lipinski definition) is 2. The fourth-order valence-corrected chi connectivity index (χ4v) is 1.18. The quantitative estimate of drug-likeness (QED) is 0.831. The van der Waals surface area contributed by atoms with Gasteiger partial charge in [0.15, 0.2) is 0 Å². The van der Waals surface area contributed by atoms with Crippen molar-refractivity contribution in [1.29, 1.82) is 0 Å². The van der Waals surface area contributed by atoms with E-state index in [1.165, 1.54) is 12.0 Å². The monoisotopic (exact) mass is 210 g/mol. The Hall–Kier alpha value is -1.02. The third-order valence-electron chi connectivity index (χ3n) is 1.71. The van der Waals surface area contributed by atoms with Gasteiger partial charge in [-0.05, 0) is 31.9 Å². The van der Waals surface area contributed by atoms with Gasteiger partial charge in [0.2, 0.25) is 0 Å². The van der Waals surface area contributed by atoms with Crippen molar-refractivity contribution in [2.75, 3.05) is 7.11 Å². The zero-order valence-electron chi connectivity index (χ0n) is 10.2. The lowest BCUT2D eigenvalue weighted by Crippen LogP contribution is -1.90. The van der Waals surface area contributed by atoms with Crippen molar-refractivity contribution in [2.45, 2.75) is 39.7 Å². The average molecular weight is 210 g/mol. The van der Waals surface area contributed by atoms with Crippen LogP contribution < -0.4 is 4.74 Å². The summed E-state index contributed by atoms with van der Waals surface area (Å²) >= 11 is 0. The van der Waals surface area contributed by atoms with E-state index in [1.807, 2.05) is 18.2 Å². The largest absolute Gasteiger partial charge is 0.496 e. The standard InChI is InChI=1S/C10H14O.C3H8O/c1-3-6-9-7-4-5-8-10(9)11-2;1-3(2)4/h4-5,7-8H,3,6H2,1-2H3;3-4H,1-2H3. The molecule has 0 aromatic heterocycles. The lowest BCUT2D eigenvalue weighted by atomic mass is 10.1. The number of aliphatic hydroxyl groups is 1. The summed E-state index contributed by atoms with van der Waals surface area (Å²) in [6.45, 7) is 5.62. The lowest BCUT2D eigenvalue weighted by Gasteiger charge is -2.05. The Morgan fingerprint density at radius 1 is 1.27 bits per heavy atom. The molecule has 0 spiro atoms. The Kier molecular flexibility index (Phi) is 7.74. The molecule has 2 nitrogen and oxygen atoms in total. The molecule has 1 aromatic carbocycles. The minimum atomic E-state index is -0.167. The first-order valence-corrected chi connectivity index (χ1v) is 5.41. The molecule has 0 fully saturated rings. The van der Waals surface area contributed by atoms with E-state index in [0.29, 0.717) is 0 Å². The number of rotatable bonds is 3. The summed E-state index contributed by atoms with van der Waals surface area (Å²) in [5.41, 5.74) is 1.30. The minimum Gasteiger partial charge on any atom is -0.496 e. The highest BCUT2D eigenvalue weighted by Gasteiger charge is 1.97. The molecule has 0 saturated heterocycles. The van der Waals surface area contributed by atoms with Crippen LogP contribution in [0.1, 0.15) is 32.8 Å². The summed E-state index contributed by atoms with van der Waals surface area (Å²) in [7, 11) is 1.72. The van der Waals surface area contributed by atoms with E-state index < -0.39 is 0 Å². The highest BCUT2D eigenvalue weighted by Crippen LogP contribution is 2.18. The topological polar surface area (TPSA) is 29.5 Å². The fourth-order valence-electron chi connectivity index (χ4n) is 1.18. The van der Waals surface area contributed by atoms with Gasteiger partial charge in [0.05, 0.1) is 7.11 Å². The zero-order valence-corrected chi connectivity index (χ0v) is 10.2. The van der Waals surface area contributed by atoms with Gasteiger partial charge in [0, 0.05) is 6.10 Å². The molecule has 15 heavy (non-hydrogen) atoms. The van der Waals surface area contributed by atoms with Crippen LogP contribution in [0, 0.1) is 0 Å². The van der Waals surface area contributed by atoms with E-state index in [9.17, 15) is 0 Å². The number of aliphatic hydroxyl groups excluding tert-OH is 1. The van der Waals surface area contributed by atoms with Gasteiger partial charge in [-0.3, -0.25) is 0 Å². The second-order valence-corrected chi connectivity index (χ2v) is 3.66. The third-order valence-corrected chi connectivity index (χ3v) is 1.71. The summed E-state index contributed by atoms with van der Waals surface area (Å²) in [6, 6.07) is 8.17. The van der Waals surface area contributed by atoms with Crippen LogP contribution >= 0.6 is 0 Å². The van der Waals surface area contributed by atoms with Crippen molar-refractivity contribution in [3.63, 3.8) is 0 Å². The van der Waals surface area contributed by atoms with Crippen LogP contribution in [0.25, 0.3) is 0 Å². The number of methoxy groups -OCH3 is 1. The van der Waals surface area contributed by atoms with Gasteiger partial charge < -0.3 is 9.84 Å². The van der Waals surface area contributed by atoms with Crippen LogP contribution in [0.3, 0.4) is 0 Å². The number of ether oxygens (including phenoxy) is 1. The third kappa shape index (κ3) is 6.97. The number of para-hydroxylation sites is 1. The smallest absolute Gasteiger partial charge is 0.122 e. The number of benzene rings is 1. The molecule has 0 unspecified atom stereocenters. The number of aryl methyl sites for hydroxylation is 1. The molecule has 1 rings (SSSR count). The lowest BCUT2D eigenvalue weighted by molar-refractivity contribution is 0.216. The van der Waals surface area contributed by atoms with Crippen LogP contribution in [0.2, 0.25) is 0 Å². The molecular formula is C13H22O2. The van der Waals surface area contributed by atoms with E-state index in [-0.39, 0.29) is 6.10 Å². The Bertz CT molecular complexity index is 254. The molecule has 0 heterocycles. The van der Waals surface area contributed by atoms with E-state index >= 15 is 0 Å². The maximum atomic E-state index is 8.06. The SMILES string of the molecule is CC(C)O.CCCc1ccccc1OC. The Balaban J connectivity index is 0.000000423. The Morgan fingerprint density at radius 3 is 2.27 bits per heavy atom. The summed E-state index contributed by atoms with van der Waals surface area (Å²) in [6.07, 6.45) is 2.10. The van der Waals surface area contributed by atoms with Gasteiger partial charge in [0.1, 0.15) is 5.75 Å². The molecule has 0 bridgehead atoms. The van der Waals surface area contributed by atoms with E-state index in [2.05, 4.69) is 13.0 Å². The predicted octanol–water partition coefficient (Wildman–Crippen LogP) is 3.03. The summed E-state index contributed by atoms with van der Waals surface area (Å²) in [5.74, 6) is 1.01. The van der Waals surface area contributed by atoms with Gasteiger partial charge in [-0.2, -0.15) is 0 Å². The van der Waals surface area contributed by atoms with Crippen LogP contribution in [-0.4, -0.2) is 18.3 Å². The zero-order chi connectivity index (χ0) is 11.7. The molecule has 0 saturated carbocycles. The molecule has 0 aliphatic carbocycles. The molecule has 0 radical (unpaired) electrons. The highest BCUT2D eigenvalue weighted by molar-refractivity contribution is 5.33. The predicted molar refractivity (Wildman–Crippen MR) is 64.3 cm³/mol. The molecule has 1 aromatic rings. The molecule has 0 aliphatic rings. The van der Waals surface area contributed by atoms with Crippen molar-refractivity contribution in [3.05, 3.63) is 29.8 Å². The van der Waals surface area contributed by atoms with Crippen molar-refractivity contribution >= 4 is 0 Å². The van der Waals surface area contributed by atoms with Crippen LogP contribution in [0.5, 0.6) is 5.75 Å². The minimum absolute atomic E-state index is 0.167. The van der Waals surface area contributed by atoms with Crippen molar-refractivity contribution in [3.8, 4) is 5.75 Å². The molecule has 1 N–H and O–H groups in total. The second-order valence-electron chi connectivity index (χ2n) is 3.66. The summed E-state index contributed by atoms with van der Waals surface area (Å²) in [4.78, 5) is 0. The highest BCUT2D eigenvalue weighted by atomic mass is 16.5. The van der Waals surface area contributed by atoms with Gasteiger partial charge in [-0.15, -0.1) is 0 Å². The van der Waals surface area contributed by atoms with Gasteiger partial charge in [-0.25, -0.2) is 0 Å². The summed E-state index contributed by atoms with van der Waals surface area (Å²) in [5, 5.41) is 8.06. The van der Waals surface area contributed by atoms with Crippen LogP contribution in [-0.2, 0) is 6.42 Å². The second kappa shape index (κ2) is 8.30. The molecule has 86 valence electrons. The van der Waals surface area contributed by atoms with Crippen molar-refractivity contribution < 1.29 is 9.84 Å². The maximum absolute atomic E-state index is 8.06. The maximum Gasteiger partial charge on any atom is 0.122 e. The first-order valence-electron chi connectivity index (χ1n) is 5.41. The van der Waals surface area contributed by atoms with Crippen LogP contribution in [0.15, 0.2) is 24.3 Å². The Morgan fingerprint density at radius 2 is 1.80 bits per heavy atom. The number of hydrogen-bond donors (Lipinski definition) is 1. The molecule has 2 heteroatoms. The Labute approximate surface area is 92.9 Å². The van der Waals surface area contributed by atoms with E-state index in [0.717, 1.165) is 12.2 Å². The van der Waals surface area contributed by atoms with Gasteiger partial charge in [-0.1, -0.05) is 31.5 Å². The fraction of sp³-hybridized carbons (Fsp3) is 0.538. The van der Waals surface area contributed by atoms with Gasteiger partial charge in [0.25, 0.3) is 0 Å². The molecule has 0 aliphatic heterocycles. The van der Waals surface area contributed by atoms with Crippen LogP contribution in [0.4, 0.5) is 0 Å². The van der Waals surface area contributed by atoms with Crippen molar-refractivity contribution in [2.24, 2.45) is 0 Å². The van der Waals surface area contributed by atoms with E-state index in [1.54, 1.807) is 21.0 Å². The average Bonchev–Trinajstić information content (AvgIpc) is 2.18. The molecular weight excluding hydrogens is 188 g/mol. The summed E-state index contributed by atoms with van der Waals surface area (Å²) < 4.78 is 5.20. The first-order chi connectivity index (χ1) is 7.11. The normalized spacial score (nSPS) is 9.47. The van der Waals surface area contributed by atoms with Crippen molar-refractivity contribution in [1.82, 2.24) is 0 Å². The molecule has 0 atom stereocenters. The molecule has 0 amide bonds. The van der Waals surface area contributed by atoms with E-state index in [4.69, 9.17) is 9.84 Å². The van der Waals surface area contributed by atoms with Gasteiger partial charge >= 0.3 is 0 Å². The first kappa shape index (κ1) is 14.0.